The number of nitrogens with zero attached hydrogens (tertiary/aromatic N) is 1. The number of hydrogen-bond acceptors (Lipinski definition) is 4. The van der Waals surface area contributed by atoms with Crippen LogP contribution < -0.4 is 10.1 Å². The molecule has 1 aromatic carbocycles. The van der Waals surface area contributed by atoms with Gasteiger partial charge in [-0.25, -0.2) is 4.98 Å². The van der Waals surface area contributed by atoms with Crippen LogP contribution in [0.15, 0.2) is 22.7 Å². The molecule has 0 bridgehead atoms. The van der Waals surface area contributed by atoms with Gasteiger partial charge in [0.1, 0.15) is 10.8 Å². The lowest BCUT2D eigenvalue weighted by Gasteiger charge is -2.10. The SMILES string of the molecule is CCNC(C)c1sc(-c2cc(OC)ccc2Br)nc1C. The Hall–Kier alpha value is -0.910. The molecule has 1 unspecified atom stereocenters. The number of thiazole rings is 1. The van der Waals surface area contributed by atoms with E-state index in [0.717, 1.165) is 33.0 Å². The van der Waals surface area contributed by atoms with Gasteiger partial charge in [0, 0.05) is 21.0 Å². The van der Waals surface area contributed by atoms with Crippen molar-refractivity contribution < 1.29 is 4.74 Å². The van der Waals surface area contributed by atoms with Crippen molar-refractivity contribution in [1.29, 1.82) is 0 Å². The number of halogens is 1. The molecule has 0 fully saturated rings. The largest absolute Gasteiger partial charge is 0.497 e. The van der Waals surface area contributed by atoms with Gasteiger partial charge in [-0.05, 0) is 38.6 Å². The molecule has 0 radical (unpaired) electrons. The molecule has 0 aliphatic carbocycles. The van der Waals surface area contributed by atoms with Gasteiger partial charge in [-0.3, -0.25) is 0 Å². The van der Waals surface area contributed by atoms with Crippen molar-refractivity contribution in [2.24, 2.45) is 0 Å². The number of aromatic nitrogens is 1. The Kier molecular flexibility index (Phi) is 5.18. The maximum Gasteiger partial charge on any atom is 0.125 e. The molecule has 0 spiro atoms. The minimum atomic E-state index is 0.329. The fraction of sp³-hybridized carbons (Fsp3) is 0.400. The van der Waals surface area contributed by atoms with Crippen molar-refractivity contribution >= 4 is 27.3 Å². The first-order valence-corrected chi connectivity index (χ1v) is 8.22. The van der Waals surface area contributed by atoms with Crippen LogP contribution in [0.2, 0.25) is 0 Å². The first kappa shape index (κ1) is 15.5. The Morgan fingerprint density at radius 2 is 2.20 bits per heavy atom. The monoisotopic (exact) mass is 354 g/mol. The van der Waals surface area contributed by atoms with Crippen molar-refractivity contribution in [3.8, 4) is 16.3 Å². The van der Waals surface area contributed by atoms with Crippen LogP contribution in [0.4, 0.5) is 0 Å². The first-order chi connectivity index (χ1) is 9.56. The van der Waals surface area contributed by atoms with E-state index >= 15 is 0 Å². The highest BCUT2D eigenvalue weighted by molar-refractivity contribution is 9.10. The van der Waals surface area contributed by atoms with Crippen LogP contribution in [0.25, 0.3) is 10.6 Å². The summed E-state index contributed by atoms with van der Waals surface area (Å²) in [6, 6.07) is 6.29. The number of methoxy groups -OCH3 is 1. The molecule has 1 N–H and O–H groups in total. The summed E-state index contributed by atoms with van der Waals surface area (Å²) < 4.78 is 6.33. The number of ether oxygens (including phenoxy) is 1. The molecule has 1 atom stereocenters. The predicted octanol–water partition coefficient (Wildman–Crippen LogP) is 4.56. The zero-order chi connectivity index (χ0) is 14.7. The lowest BCUT2D eigenvalue weighted by molar-refractivity contribution is 0.415. The highest BCUT2D eigenvalue weighted by Gasteiger charge is 2.16. The van der Waals surface area contributed by atoms with Crippen LogP contribution in [0, 0.1) is 6.92 Å². The Balaban J connectivity index is 2.41. The smallest absolute Gasteiger partial charge is 0.125 e. The van der Waals surface area contributed by atoms with Crippen LogP contribution in [0.3, 0.4) is 0 Å². The molecule has 1 heterocycles. The Morgan fingerprint density at radius 3 is 2.85 bits per heavy atom. The van der Waals surface area contributed by atoms with Crippen molar-refractivity contribution in [2.75, 3.05) is 13.7 Å². The van der Waals surface area contributed by atoms with Crippen LogP contribution in [0.1, 0.15) is 30.5 Å². The van der Waals surface area contributed by atoms with Crippen LogP contribution in [-0.4, -0.2) is 18.6 Å². The van der Waals surface area contributed by atoms with E-state index in [9.17, 15) is 0 Å². The quantitative estimate of drug-likeness (QED) is 0.854. The lowest BCUT2D eigenvalue weighted by atomic mass is 10.2. The third-order valence-electron chi connectivity index (χ3n) is 3.14. The fourth-order valence-electron chi connectivity index (χ4n) is 2.12. The van der Waals surface area contributed by atoms with E-state index < -0.39 is 0 Å². The Bertz CT molecular complexity index is 598. The molecule has 1 aromatic heterocycles. The van der Waals surface area contributed by atoms with E-state index in [1.165, 1.54) is 4.88 Å². The summed E-state index contributed by atoms with van der Waals surface area (Å²) in [4.78, 5) is 6.00. The molecule has 108 valence electrons. The standard InChI is InChI=1S/C15H19BrN2OS/c1-5-17-9(2)14-10(3)18-15(20-14)12-8-11(19-4)6-7-13(12)16/h6-9,17H,5H2,1-4H3. The summed E-state index contributed by atoms with van der Waals surface area (Å²) in [6.45, 7) is 7.31. The Morgan fingerprint density at radius 1 is 1.45 bits per heavy atom. The van der Waals surface area contributed by atoms with Gasteiger partial charge >= 0.3 is 0 Å². The molecule has 2 aromatic rings. The normalized spacial score (nSPS) is 12.4. The van der Waals surface area contributed by atoms with Crippen LogP contribution in [0.5, 0.6) is 5.75 Å². The average Bonchev–Trinajstić information content (AvgIpc) is 2.81. The minimum absolute atomic E-state index is 0.329. The van der Waals surface area contributed by atoms with Gasteiger partial charge in [-0.2, -0.15) is 0 Å². The number of benzene rings is 1. The van der Waals surface area contributed by atoms with E-state index in [-0.39, 0.29) is 0 Å². The van der Waals surface area contributed by atoms with Crippen LogP contribution in [-0.2, 0) is 0 Å². The molecule has 0 aliphatic heterocycles. The molecule has 5 heteroatoms. The fourth-order valence-corrected chi connectivity index (χ4v) is 3.81. The molecule has 2 rings (SSSR count). The molecule has 0 saturated heterocycles. The van der Waals surface area contributed by atoms with E-state index in [0.29, 0.717) is 6.04 Å². The molecular weight excluding hydrogens is 336 g/mol. The topological polar surface area (TPSA) is 34.1 Å². The number of rotatable bonds is 5. The second-order valence-electron chi connectivity index (χ2n) is 4.59. The van der Waals surface area contributed by atoms with Crippen molar-refractivity contribution in [2.45, 2.75) is 26.8 Å². The second kappa shape index (κ2) is 6.70. The first-order valence-electron chi connectivity index (χ1n) is 6.61. The highest BCUT2D eigenvalue weighted by atomic mass is 79.9. The van der Waals surface area contributed by atoms with E-state index in [2.05, 4.69) is 42.0 Å². The predicted molar refractivity (Wildman–Crippen MR) is 88.6 cm³/mol. The van der Waals surface area contributed by atoms with Crippen LogP contribution >= 0.6 is 27.3 Å². The van der Waals surface area contributed by atoms with Crippen molar-refractivity contribution in [3.05, 3.63) is 33.2 Å². The number of aryl methyl sites for hydroxylation is 1. The highest BCUT2D eigenvalue weighted by Crippen LogP contribution is 2.37. The maximum atomic E-state index is 5.30. The molecule has 0 saturated carbocycles. The number of nitrogens with one attached hydrogen (secondary N) is 1. The average molecular weight is 355 g/mol. The van der Waals surface area contributed by atoms with E-state index in [1.54, 1.807) is 18.4 Å². The summed E-state index contributed by atoms with van der Waals surface area (Å²) in [6.07, 6.45) is 0. The summed E-state index contributed by atoms with van der Waals surface area (Å²) >= 11 is 5.33. The minimum Gasteiger partial charge on any atom is -0.497 e. The van der Waals surface area contributed by atoms with E-state index in [4.69, 9.17) is 9.72 Å². The van der Waals surface area contributed by atoms with Gasteiger partial charge in [-0.1, -0.05) is 22.9 Å². The Labute approximate surface area is 132 Å². The summed E-state index contributed by atoms with van der Waals surface area (Å²) in [5, 5.41) is 4.46. The summed E-state index contributed by atoms with van der Waals surface area (Å²) in [5.74, 6) is 0.845. The molecule has 0 amide bonds. The van der Waals surface area contributed by atoms with Gasteiger partial charge < -0.3 is 10.1 Å². The zero-order valence-electron chi connectivity index (χ0n) is 12.2. The zero-order valence-corrected chi connectivity index (χ0v) is 14.6. The molecule has 3 nitrogen and oxygen atoms in total. The van der Waals surface area contributed by atoms with Crippen molar-refractivity contribution in [3.63, 3.8) is 0 Å². The summed E-state index contributed by atoms with van der Waals surface area (Å²) in [7, 11) is 1.68. The van der Waals surface area contributed by atoms with Gasteiger partial charge in [0.15, 0.2) is 0 Å². The maximum absolute atomic E-state index is 5.30. The van der Waals surface area contributed by atoms with Gasteiger partial charge in [0.2, 0.25) is 0 Å². The second-order valence-corrected chi connectivity index (χ2v) is 6.48. The van der Waals surface area contributed by atoms with E-state index in [1.807, 2.05) is 18.2 Å². The molecule has 0 aliphatic rings. The third kappa shape index (κ3) is 3.22. The van der Waals surface area contributed by atoms with Crippen molar-refractivity contribution in [1.82, 2.24) is 10.3 Å². The summed E-state index contributed by atoms with van der Waals surface area (Å²) in [5.41, 5.74) is 2.17. The number of hydrogen-bond donors (Lipinski definition) is 1. The third-order valence-corrected chi connectivity index (χ3v) is 5.20. The van der Waals surface area contributed by atoms with Gasteiger partial charge in [-0.15, -0.1) is 11.3 Å². The molecular formula is C15H19BrN2OS. The molecule has 20 heavy (non-hydrogen) atoms. The lowest BCUT2D eigenvalue weighted by Crippen LogP contribution is -2.17. The van der Waals surface area contributed by atoms with Gasteiger partial charge in [0.05, 0.1) is 12.8 Å². The van der Waals surface area contributed by atoms with Gasteiger partial charge in [0.25, 0.3) is 0 Å².